The lowest BCUT2D eigenvalue weighted by Gasteiger charge is -2.32. The lowest BCUT2D eigenvalue weighted by atomic mass is 9.92. The van der Waals surface area contributed by atoms with Crippen LogP contribution in [0.2, 0.25) is 0 Å². The first-order valence-corrected chi connectivity index (χ1v) is 9.60. The Morgan fingerprint density at radius 2 is 1.55 bits per heavy atom. The highest BCUT2D eigenvalue weighted by Gasteiger charge is 2.34. The SMILES string of the molecule is COc1ccc(N2C(=O)c3cccc4c(N5CCOCC5)ccc(c34)C2=O)cc1. The molecule has 1 saturated heterocycles. The Hall–Kier alpha value is -3.38. The molecule has 6 heteroatoms. The number of nitrogens with zero attached hydrogens (tertiary/aromatic N) is 2. The zero-order valence-corrected chi connectivity index (χ0v) is 16.1. The molecule has 0 spiro atoms. The third kappa shape index (κ3) is 2.76. The fraction of sp³-hybridized carbons (Fsp3) is 0.217. The first-order valence-electron chi connectivity index (χ1n) is 9.60. The van der Waals surface area contributed by atoms with Crippen LogP contribution in [0.4, 0.5) is 11.4 Å². The second-order valence-electron chi connectivity index (χ2n) is 7.10. The number of carbonyl (C=O) groups excluding carboxylic acids is 2. The molecule has 2 heterocycles. The first kappa shape index (κ1) is 17.7. The highest BCUT2D eigenvalue weighted by molar-refractivity contribution is 6.36. The summed E-state index contributed by atoms with van der Waals surface area (Å²) in [5.74, 6) is 0.0538. The first-order chi connectivity index (χ1) is 14.2. The molecule has 0 aromatic heterocycles. The third-order valence-electron chi connectivity index (χ3n) is 5.57. The zero-order valence-electron chi connectivity index (χ0n) is 16.1. The van der Waals surface area contributed by atoms with Crippen LogP contribution in [0.25, 0.3) is 10.8 Å². The third-order valence-corrected chi connectivity index (χ3v) is 5.57. The molecule has 1 fully saturated rings. The number of amides is 2. The molecule has 0 saturated carbocycles. The van der Waals surface area contributed by atoms with Crippen molar-refractivity contribution in [1.29, 1.82) is 0 Å². The lowest BCUT2D eigenvalue weighted by molar-refractivity contribution is 0.0893. The lowest BCUT2D eigenvalue weighted by Crippen LogP contribution is -2.41. The Morgan fingerprint density at radius 3 is 2.24 bits per heavy atom. The molecular weight excluding hydrogens is 368 g/mol. The topological polar surface area (TPSA) is 59.1 Å². The number of methoxy groups -OCH3 is 1. The predicted molar refractivity (Wildman–Crippen MR) is 111 cm³/mol. The Morgan fingerprint density at radius 1 is 0.862 bits per heavy atom. The molecule has 5 rings (SSSR count). The molecule has 0 bridgehead atoms. The van der Waals surface area contributed by atoms with Crippen molar-refractivity contribution in [3.05, 3.63) is 65.7 Å². The van der Waals surface area contributed by atoms with Gasteiger partial charge in [0.15, 0.2) is 0 Å². The van der Waals surface area contributed by atoms with Gasteiger partial charge in [0.1, 0.15) is 5.75 Å². The van der Waals surface area contributed by atoms with Gasteiger partial charge < -0.3 is 14.4 Å². The molecule has 29 heavy (non-hydrogen) atoms. The maximum atomic E-state index is 13.3. The van der Waals surface area contributed by atoms with Gasteiger partial charge in [-0.1, -0.05) is 12.1 Å². The normalized spacial score (nSPS) is 16.4. The summed E-state index contributed by atoms with van der Waals surface area (Å²) in [4.78, 5) is 30.1. The Balaban J connectivity index is 1.64. The molecule has 3 aromatic carbocycles. The highest BCUT2D eigenvalue weighted by atomic mass is 16.5. The molecule has 6 nitrogen and oxygen atoms in total. The van der Waals surface area contributed by atoms with Crippen molar-refractivity contribution in [2.75, 3.05) is 43.2 Å². The van der Waals surface area contributed by atoms with E-state index in [4.69, 9.17) is 9.47 Å². The average Bonchev–Trinajstić information content (AvgIpc) is 2.78. The van der Waals surface area contributed by atoms with Gasteiger partial charge >= 0.3 is 0 Å². The van der Waals surface area contributed by atoms with E-state index in [-0.39, 0.29) is 11.8 Å². The van der Waals surface area contributed by atoms with E-state index in [1.807, 2.05) is 24.3 Å². The van der Waals surface area contributed by atoms with E-state index in [2.05, 4.69) is 4.90 Å². The maximum absolute atomic E-state index is 13.3. The summed E-state index contributed by atoms with van der Waals surface area (Å²) in [5.41, 5.74) is 2.65. The number of rotatable bonds is 3. The van der Waals surface area contributed by atoms with Crippen molar-refractivity contribution in [2.24, 2.45) is 0 Å². The van der Waals surface area contributed by atoms with Crippen LogP contribution in [0.1, 0.15) is 20.7 Å². The van der Waals surface area contributed by atoms with Crippen LogP contribution in [0.3, 0.4) is 0 Å². The highest BCUT2D eigenvalue weighted by Crippen LogP contribution is 2.37. The van der Waals surface area contributed by atoms with Crippen molar-refractivity contribution >= 4 is 34.0 Å². The summed E-state index contributed by atoms with van der Waals surface area (Å²) in [6, 6.07) is 16.4. The van der Waals surface area contributed by atoms with Gasteiger partial charge in [0, 0.05) is 40.7 Å². The molecular formula is C23H20N2O4. The number of anilines is 2. The van der Waals surface area contributed by atoms with Crippen molar-refractivity contribution in [3.63, 3.8) is 0 Å². The van der Waals surface area contributed by atoms with E-state index < -0.39 is 0 Å². The van der Waals surface area contributed by atoms with Crippen LogP contribution in [-0.4, -0.2) is 45.2 Å². The van der Waals surface area contributed by atoms with Gasteiger partial charge in [-0.25, -0.2) is 4.90 Å². The van der Waals surface area contributed by atoms with Crippen LogP contribution >= 0.6 is 0 Å². The number of ether oxygens (including phenoxy) is 2. The second kappa shape index (κ2) is 6.90. The second-order valence-corrected chi connectivity index (χ2v) is 7.10. The molecule has 0 radical (unpaired) electrons. The molecule has 0 aliphatic carbocycles. The van der Waals surface area contributed by atoms with Crippen molar-refractivity contribution in [2.45, 2.75) is 0 Å². The summed E-state index contributed by atoms with van der Waals surface area (Å²) in [5, 5.41) is 1.66. The Bertz CT molecular complexity index is 1100. The van der Waals surface area contributed by atoms with E-state index in [9.17, 15) is 9.59 Å². The van der Waals surface area contributed by atoms with Gasteiger partial charge in [0.05, 0.1) is 26.0 Å². The molecule has 2 aliphatic heterocycles. The smallest absolute Gasteiger partial charge is 0.265 e. The molecule has 0 atom stereocenters. The molecule has 2 amide bonds. The number of imide groups is 1. The predicted octanol–water partition coefficient (Wildman–Crippen LogP) is 3.49. The van der Waals surface area contributed by atoms with Crippen LogP contribution in [0.5, 0.6) is 5.75 Å². The molecule has 146 valence electrons. The number of hydrogen-bond acceptors (Lipinski definition) is 5. The minimum atomic E-state index is -0.308. The minimum Gasteiger partial charge on any atom is -0.497 e. The van der Waals surface area contributed by atoms with Crippen molar-refractivity contribution in [1.82, 2.24) is 0 Å². The van der Waals surface area contributed by atoms with Gasteiger partial charge in [-0.15, -0.1) is 0 Å². The molecule has 0 N–H and O–H groups in total. The number of carbonyl (C=O) groups is 2. The van der Waals surface area contributed by atoms with Gasteiger partial charge in [-0.05, 0) is 42.5 Å². The molecule has 2 aliphatic rings. The summed E-state index contributed by atoms with van der Waals surface area (Å²) < 4.78 is 10.6. The number of hydrogen-bond donors (Lipinski definition) is 0. The number of benzene rings is 3. The summed E-state index contributed by atoms with van der Waals surface area (Å²) in [6.45, 7) is 2.93. The quantitative estimate of drug-likeness (QED) is 0.643. The number of morpholine rings is 1. The summed E-state index contributed by atoms with van der Waals surface area (Å²) in [7, 11) is 1.58. The van der Waals surface area contributed by atoms with E-state index in [0.29, 0.717) is 35.8 Å². The minimum absolute atomic E-state index is 0.308. The average molecular weight is 388 g/mol. The largest absolute Gasteiger partial charge is 0.497 e. The van der Waals surface area contributed by atoms with E-state index in [1.165, 1.54) is 4.90 Å². The van der Waals surface area contributed by atoms with Crippen LogP contribution < -0.4 is 14.5 Å². The van der Waals surface area contributed by atoms with E-state index in [0.717, 1.165) is 29.5 Å². The van der Waals surface area contributed by atoms with Crippen molar-refractivity contribution < 1.29 is 19.1 Å². The fourth-order valence-electron chi connectivity index (χ4n) is 4.13. The van der Waals surface area contributed by atoms with Gasteiger partial charge in [-0.2, -0.15) is 0 Å². The monoisotopic (exact) mass is 388 g/mol. The Labute approximate surface area is 168 Å². The maximum Gasteiger partial charge on any atom is 0.265 e. The van der Waals surface area contributed by atoms with Gasteiger partial charge in [0.25, 0.3) is 11.8 Å². The standard InChI is InChI=1S/C23H20N2O4/c1-28-16-7-5-15(6-8-16)25-22(26)18-4-2-3-17-20(24-11-13-29-14-12-24)10-9-19(21(17)18)23(25)27/h2-10H,11-14H2,1H3. The van der Waals surface area contributed by atoms with Gasteiger partial charge in [-0.3, -0.25) is 9.59 Å². The molecule has 3 aromatic rings. The fourth-order valence-corrected chi connectivity index (χ4v) is 4.13. The Kier molecular flexibility index (Phi) is 4.21. The summed E-state index contributed by atoms with van der Waals surface area (Å²) >= 11 is 0. The zero-order chi connectivity index (χ0) is 20.0. The molecule has 0 unspecified atom stereocenters. The van der Waals surface area contributed by atoms with Crippen LogP contribution in [-0.2, 0) is 4.74 Å². The van der Waals surface area contributed by atoms with Crippen molar-refractivity contribution in [3.8, 4) is 5.75 Å². The van der Waals surface area contributed by atoms with Gasteiger partial charge in [0.2, 0.25) is 0 Å². The van der Waals surface area contributed by atoms with Crippen LogP contribution in [0, 0.1) is 0 Å². The van der Waals surface area contributed by atoms with E-state index >= 15 is 0 Å². The summed E-state index contributed by atoms with van der Waals surface area (Å²) in [6.07, 6.45) is 0. The van der Waals surface area contributed by atoms with Crippen LogP contribution in [0.15, 0.2) is 54.6 Å². The van der Waals surface area contributed by atoms with E-state index in [1.54, 1.807) is 37.4 Å².